The third kappa shape index (κ3) is 4.56. The molecule has 19 heavy (non-hydrogen) atoms. The molecule has 0 saturated heterocycles. The third-order valence-corrected chi connectivity index (χ3v) is 4.61. The fourth-order valence-electron chi connectivity index (χ4n) is 2.07. The zero-order valence-electron chi connectivity index (χ0n) is 11.8. The molecule has 3 unspecified atom stereocenters. The number of rotatable bonds is 7. The summed E-state index contributed by atoms with van der Waals surface area (Å²) in [6.45, 7) is 4.30. The van der Waals surface area contributed by atoms with Gasteiger partial charge in [-0.3, -0.25) is 0 Å². The van der Waals surface area contributed by atoms with E-state index in [0.717, 1.165) is 11.3 Å². The second-order valence-electron chi connectivity index (χ2n) is 4.52. The minimum absolute atomic E-state index is 0.102. The maximum absolute atomic E-state index is 9.32. The highest BCUT2D eigenvalue weighted by Crippen LogP contribution is 2.29. The molecule has 1 aromatic carbocycles. The van der Waals surface area contributed by atoms with Crippen molar-refractivity contribution in [3.63, 3.8) is 0 Å². The lowest BCUT2D eigenvalue weighted by molar-refractivity contribution is 0.271. The Bertz CT molecular complexity index is 399. The van der Waals surface area contributed by atoms with Crippen LogP contribution in [0.2, 0.25) is 5.02 Å². The molecule has 0 aliphatic rings. The quantitative estimate of drug-likeness (QED) is 0.812. The Morgan fingerprint density at radius 1 is 1.42 bits per heavy atom. The number of aliphatic hydroxyl groups is 1. The molecule has 0 aromatic heterocycles. The van der Waals surface area contributed by atoms with Crippen molar-refractivity contribution < 1.29 is 9.84 Å². The monoisotopic (exact) mass is 303 g/mol. The van der Waals surface area contributed by atoms with Crippen LogP contribution in [-0.4, -0.2) is 36.4 Å². The summed E-state index contributed by atoms with van der Waals surface area (Å²) in [5, 5.41) is 13.7. The molecule has 5 heteroatoms. The van der Waals surface area contributed by atoms with Crippen molar-refractivity contribution in [2.75, 3.05) is 20.0 Å². The van der Waals surface area contributed by atoms with Gasteiger partial charge < -0.3 is 15.2 Å². The number of aliphatic hydroxyl groups excluding tert-OH is 1. The fraction of sp³-hybridized carbons (Fsp3) is 0.571. The van der Waals surface area contributed by atoms with Gasteiger partial charge in [-0.15, -0.1) is 0 Å². The van der Waals surface area contributed by atoms with E-state index in [0.29, 0.717) is 5.02 Å². The van der Waals surface area contributed by atoms with Crippen molar-refractivity contribution in [2.24, 2.45) is 0 Å². The summed E-state index contributed by atoms with van der Waals surface area (Å²) < 4.78 is 5.36. The van der Waals surface area contributed by atoms with Crippen LogP contribution < -0.4 is 10.1 Å². The molecular formula is C14H22ClNO2S. The van der Waals surface area contributed by atoms with E-state index in [4.69, 9.17) is 16.3 Å². The number of nitrogens with one attached hydrogen (secondary N) is 1. The van der Waals surface area contributed by atoms with Crippen molar-refractivity contribution in [2.45, 2.75) is 31.2 Å². The minimum Gasteiger partial charge on any atom is -0.496 e. The summed E-state index contributed by atoms with van der Waals surface area (Å²) in [4.78, 5) is 0. The van der Waals surface area contributed by atoms with E-state index in [1.165, 1.54) is 0 Å². The van der Waals surface area contributed by atoms with Gasteiger partial charge in [0.25, 0.3) is 0 Å². The van der Waals surface area contributed by atoms with Crippen molar-refractivity contribution in [3.05, 3.63) is 28.8 Å². The maximum Gasteiger partial charge on any atom is 0.123 e. The van der Waals surface area contributed by atoms with Crippen LogP contribution in [0, 0.1) is 0 Å². The van der Waals surface area contributed by atoms with Crippen molar-refractivity contribution in [1.29, 1.82) is 0 Å². The molecule has 3 nitrogen and oxygen atoms in total. The lowest BCUT2D eigenvalue weighted by Gasteiger charge is -2.26. The van der Waals surface area contributed by atoms with E-state index in [9.17, 15) is 5.11 Å². The molecule has 0 bridgehead atoms. The number of hydrogen-bond donors (Lipinski definition) is 2. The lowest BCUT2D eigenvalue weighted by atomic mass is 10.1. The van der Waals surface area contributed by atoms with E-state index >= 15 is 0 Å². The molecule has 0 heterocycles. The van der Waals surface area contributed by atoms with Crippen LogP contribution in [0.25, 0.3) is 0 Å². The number of thioether (sulfide) groups is 1. The Morgan fingerprint density at radius 3 is 2.63 bits per heavy atom. The number of hydrogen-bond acceptors (Lipinski definition) is 4. The zero-order valence-corrected chi connectivity index (χ0v) is 13.4. The molecule has 0 aliphatic heterocycles. The van der Waals surface area contributed by atoms with Crippen molar-refractivity contribution in [3.8, 4) is 5.75 Å². The molecule has 1 aromatic rings. The Labute approximate surface area is 124 Å². The average Bonchev–Trinajstić information content (AvgIpc) is 2.40. The first kappa shape index (κ1) is 16.6. The van der Waals surface area contributed by atoms with Gasteiger partial charge in [0.15, 0.2) is 0 Å². The highest BCUT2D eigenvalue weighted by Gasteiger charge is 2.19. The van der Waals surface area contributed by atoms with Crippen LogP contribution in [0.5, 0.6) is 5.75 Å². The molecule has 0 spiro atoms. The number of benzene rings is 1. The Hall–Kier alpha value is -0.420. The molecule has 0 amide bonds. The van der Waals surface area contributed by atoms with Gasteiger partial charge in [-0.2, -0.15) is 11.8 Å². The Balaban J connectivity index is 2.82. The molecule has 0 fully saturated rings. The second kappa shape index (κ2) is 8.00. The van der Waals surface area contributed by atoms with Crippen LogP contribution in [0.15, 0.2) is 18.2 Å². The van der Waals surface area contributed by atoms with Gasteiger partial charge in [-0.1, -0.05) is 11.6 Å². The van der Waals surface area contributed by atoms with Crippen LogP contribution in [0.3, 0.4) is 0 Å². The van der Waals surface area contributed by atoms with Crippen molar-refractivity contribution >= 4 is 23.4 Å². The fourth-order valence-corrected chi connectivity index (χ4v) is 2.89. The van der Waals surface area contributed by atoms with Gasteiger partial charge in [-0.05, 0) is 38.3 Å². The van der Waals surface area contributed by atoms with Gasteiger partial charge in [0.2, 0.25) is 0 Å². The Kier molecular flexibility index (Phi) is 7.00. The lowest BCUT2D eigenvalue weighted by Crippen LogP contribution is -2.39. The third-order valence-electron chi connectivity index (χ3n) is 3.21. The predicted octanol–water partition coefficient (Wildman–Crippen LogP) is 3.11. The van der Waals surface area contributed by atoms with Gasteiger partial charge in [0, 0.05) is 27.9 Å². The summed E-state index contributed by atoms with van der Waals surface area (Å²) in [5.74, 6) is 0.821. The first-order valence-corrected chi connectivity index (χ1v) is 7.93. The summed E-state index contributed by atoms with van der Waals surface area (Å²) in [6, 6.07) is 5.90. The number of halogens is 1. The molecule has 0 saturated carbocycles. The molecule has 2 N–H and O–H groups in total. The van der Waals surface area contributed by atoms with E-state index in [1.54, 1.807) is 18.9 Å². The zero-order chi connectivity index (χ0) is 14.4. The van der Waals surface area contributed by atoms with E-state index in [2.05, 4.69) is 19.2 Å². The molecule has 0 aliphatic carbocycles. The summed E-state index contributed by atoms with van der Waals surface area (Å²) >= 11 is 7.70. The van der Waals surface area contributed by atoms with Crippen LogP contribution in [-0.2, 0) is 0 Å². The van der Waals surface area contributed by atoms with Crippen LogP contribution in [0.4, 0.5) is 0 Å². The summed E-state index contributed by atoms with van der Waals surface area (Å²) in [6.07, 6.45) is 2.00. The minimum atomic E-state index is 0.102. The number of methoxy groups -OCH3 is 1. The standard InChI is InChI=1S/C14H22ClNO2S/c1-9(16-10(2)14(8-17)19-4)12-7-11(15)5-6-13(12)18-3/h5-7,9-10,14,16-17H,8H2,1-4H3. The largest absolute Gasteiger partial charge is 0.496 e. The van der Waals surface area contributed by atoms with Gasteiger partial charge in [0.1, 0.15) is 5.75 Å². The van der Waals surface area contributed by atoms with Crippen LogP contribution in [0.1, 0.15) is 25.5 Å². The number of ether oxygens (including phenoxy) is 1. The summed E-state index contributed by atoms with van der Waals surface area (Å²) in [5.41, 5.74) is 1.03. The van der Waals surface area contributed by atoms with Crippen LogP contribution >= 0.6 is 23.4 Å². The highest BCUT2D eigenvalue weighted by atomic mass is 35.5. The second-order valence-corrected chi connectivity index (χ2v) is 6.03. The van der Waals surface area contributed by atoms with Gasteiger partial charge in [-0.25, -0.2) is 0 Å². The van der Waals surface area contributed by atoms with Gasteiger partial charge in [0.05, 0.1) is 13.7 Å². The normalized spacial score (nSPS) is 15.9. The van der Waals surface area contributed by atoms with Crippen molar-refractivity contribution in [1.82, 2.24) is 5.32 Å². The first-order chi connectivity index (χ1) is 9.03. The molecular weight excluding hydrogens is 282 g/mol. The molecule has 3 atom stereocenters. The average molecular weight is 304 g/mol. The Morgan fingerprint density at radius 2 is 2.11 bits per heavy atom. The van der Waals surface area contributed by atoms with Gasteiger partial charge >= 0.3 is 0 Å². The van der Waals surface area contributed by atoms with E-state index < -0.39 is 0 Å². The van der Waals surface area contributed by atoms with E-state index in [-0.39, 0.29) is 23.9 Å². The summed E-state index contributed by atoms with van der Waals surface area (Å²) in [7, 11) is 1.65. The first-order valence-electron chi connectivity index (χ1n) is 6.26. The highest BCUT2D eigenvalue weighted by molar-refractivity contribution is 7.99. The maximum atomic E-state index is 9.32. The smallest absolute Gasteiger partial charge is 0.123 e. The van der Waals surface area contributed by atoms with E-state index in [1.807, 2.05) is 24.5 Å². The molecule has 108 valence electrons. The SMILES string of the molecule is COc1ccc(Cl)cc1C(C)NC(C)C(CO)SC. The predicted molar refractivity (Wildman–Crippen MR) is 83.4 cm³/mol. The molecule has 0 radical (unpaired) electrons. The topological polar surface area (TPSA) is 41.5 Å². The molecule has 1 rings (SSSR count).